The maximum Gasteiger partial charge on any atom is 0.360 e. The summed E-state index contributed by atoms with van der Waals surface area (Å²) in [5.41, 5.74) is 0.434. The van der Waals surface area contributed by atoms with Gasteiger partial charge in [0.05, 0.1) is 0 Å². The van der Waals surface area contributed by atoms with E-state index in [1.807, 2.05) is 24.3 Å². The molecule has 0 fully saturated rings. The number of rotatable bonds is 2. The number of H-pyrrole nitrogens is 1. The van der Waals surface area contributed by atoms with E-state index >= 15 is 0 Å². The van der Waals surface area contributed by atoms with Crippen LogP contribution in [0.2, 0.25) is 0 Å². The molecule has 1 aromatic heterocycles. The average Bonchev–Trinajstić information content (AvgIpc) is 3.01. The quantitative estimate of drug-likeness (QED) is 0.337. The van der Waals surface area contributed by atoms with Crippen molar-refractivity contribution in [3.63, 3.8) is 0 Å². The Morgan fingerprint density at radius 2 is 2.11 bits per heavy atom. The highest BCUT2D eigenvalue weighted by molar-refractivity contribution is 5.96. The summed E-state index contributed by atoms with van der Waals surface area (Å²) in [5.74, 6) is 1.96. The number of carbonyl (C=O) groups excluding carboxylic acids is 1. The third-order valence-electron chi connectivity index (χ3n) is 3.10. The molecule has 0 saturated carbocycles. The van der Waals surface area contributed by atoms with Crippen molar-refractivity contribution in [3.05, 3.63) is 54.4 Å². The van der Waals surface area contributed by atoms with Crippen molar-refractivity contribution in [1.82, 2.24) is 4.98 Å². The second-order valence-electron chi connectivity index (χ2n) is 4.35. The molecule has 0 unspecified atom stereocenters. The predicted molar refractivity (Wildman–Crippen MR) is 69.8 cm³/mol. The van der Waals surface area contributed by atoms with E-state index in [-0.39, 0.29) is 0 Å². The maximum absolute atomic E-state index is 11.8. The summed E-state index contributed by atoms with van der Waals surface area (Å²) in [6.07, 6.45) is 1.69. The molecule has 92 valence electrons. The molecule has 0 radical (unpaired) electrons. The maximum atomic E-state index is 11.8. The van der Waals surface area contributed by atoms with Crippen LogP contribution in [0.4, 0.5) is 0 Å². The van der Waals surface area contributed by atoms with E-state index in [1.54, 1.807) is 24.4 Å². The van der Waals surface area contributed by atoms with Crippen molar-refractivity contribution in [3.8, 4) is 17.2 Å². The monoisotopic (exact) mass is 251 g/mol. The summed E-state index contributed by atoms with van der Waals surface area (Å²) in [6, 6.07) is 12.8. The SMILES string of the molecule is O=C(Oc1ccc2c3c(ccc2c1)O3)c1ccc[nH]1. The van der Waals surface area contributed by atoms with Crippen molar-refractivity contribution in [2.75, 3.05) is 0 Å². The van der Waals surface area contributed by atoms with Crippen LogP contribution >= 0.6 is 0 Å². The minimum absolute atomic E-state index is 0.396. The molecule has 2 aromatic carbocycles. The molecule has 1 aliphatic rings. The topological polar surface area (TPSA) is 54.6 Å². The minimum Gasteiger partial charge on any atom is -0.449 e. The molecule has 3 aromatic rings. The lowest BCUT2D eigenvalue weighted by molar-refractivity contribution is 0.0729. The molecule has 1 aliphatic heterocycles. The largest absolute Gasteiger partial charge is 0.449 e. The fourth-order valence-electron chi connectivity index (χ4n) is 2.12. The summed E-state index contributed by atoms with van der Waals surface area (Å²) < 4.78 is 10.6. The van der Waals surface area contributed by atoms with Gasteiger partial charge in [-0.15, -0.1) is 0 Å². The lowest BCUT2D eigenvalue weighted by atomic mass is 10.1. The van der Waals surface area contributed by atoms with Crippen LogP contribution < -0.4 is 9.47 Å². The van der Waals surface area contributed by atoms with Crippen molar-refractivity contribution in [1.29, 1.82) is 0 Å². The zero-order valence-corrected chi connectivity index (χ0v) is 9.84. The van der Waals surface area contributed by atoms with Gasteiger partial charge in [-0.2, -0.15) is 0 Å². The standard InChI is InChI=1S/C15H9NO3/c17-15(12-2-1-7-16-12)18-10-4-5-11-9(8-10)3-6-13-14(11)19-13/h1-8,16H. The number of nitrogens with one attached hydrogen (secondary N) is 1. The van der Waals surface area contributed by atoms with Gasteiger partial charge in [0.25, 0.3) is 0 Å². The van der Waals surface area contributed by atoms with Gasteiger partial charge in [-0.3, -0.25) is 0 Å². The van der Waals surface area contributed by atoms with Gasteiger partial charge in [-0.1, -0.05) is 6.07 Å². The molecule has 0 atom stereocenters. The van der Waals surface area contributed by atoms with Crippen molar-refractivity contribution < 1.29 is 14.3 Å². The Morgan fingerprint density at radius 3 is 2.95 bits per heavy atom. The van der Waals surface area contributed by atoms with Crippen LogP contribution in [-0.4, -0.2) is 11.0 Å². The van der Waals surface area contributed by atoms with Crippen LogP contribution in [0.5, 0.6) is 17.2 Å². The fraction of sp³-hybridized carbons (Fsp3) is 0. The molecule has 0 aliphatic carbocycles. The second-order valence-corrected chi connectivity index (χ2v) is 4.35. The van der Waals surface area contributed by atoms with Gasteiger partial charge in [0.2, 0.25) is 0 Å². The molecule has 0 amide bonds. The highest BCUT2D eigenvalue weighted by Gasteiger charge is 2.23. The molecular formula is C15H9NO3. The van der Waals surface area contributed by atoms with Gasteiger partial charge in [-0.25, -0.2) is 4.79 Å². The Balaban J connectivity index is 1.67. The smallest absolute Gasteiger partial charge is 0.360 e. The highest BCUT2D eigenvalue weighted by atomic mass is 16.6. The zero-order chi connectivity index (χ0) is 12.8. The van der Waals surface area contributed by atoms with E-state index in [2.05, 4.69) is 4.98 Å². The molecule has 2 heterocycles. The van der Waals surface area contributed by atoms with Crippen LogP contribution in [-0.2, 0) is 0 Å². The molecule has 4 rings (SSSR count). The van der Waals surface area contributed by atoms with Gasteiger partial charge < -0.3 is 14.5 Å². The molecule has 4 heteroatoms. The lowest BCUT2D eigenvalue weighted by Crippen LogP contribution is -2.08. The lowest BCUT2D eigenvalue weighted by Gasteiger charge is -2.03. The van der Waals surface area contributed by atoms with Gasteiger partial charge in [0, 0.05) is 11.6 Å². The van der Waals surface area contributed by atoms with Gasteiger partial charge in [0.15, 0.2) is 11.5 Å². The predicted octanol–water partition coefficient (Wildman–Crippen LogP) is 3.49. The van der Waals surface area contributed by atoms with Crippen LogP contribution in [0, 0.1) is 0 Å². The molecular weight excluding hydrogens is 242 g/mol. The molecule has 1 N–H and O–H groups in total. The molecule has 0 saturated heterocycles. The van der Waals surface area contributed by atoms with Crippen LogP contribution in [0.1, 0.15) is 10.5 Å². The van der Waals surface area contributed by atoms with Gasteiger partial charge in [0.1, 0.15) is 11.4 Å². The van der Waals surface area contributed by atoms with E-state index < -0.39 is 5.97 Å². The molecule has 0 spiro atoms. The fourth-order valence-corrected chi connectivity index (χ4v) is 2.12. The first-order valence-electron chi connectivity index (χ1n) is 5.91. The second kappa shape index (κ2) is 3.62. The van der Waals surface area contributed by atoms with Crippen LogP contribution in [0.25, 0.3) is 10.8 Å². The van der Waals surface area contributed by atoms with E-state index in [0.717, 1.165) is 22.3 Å². The Hall–Kier alpha value is -2.75. The third kappa shape index (κ3) is 1.65. The minimum atomic E-state index is -0.396. The normalized spacial score (nSPS) is 11.8. The first kappa shape index (κ1) is 10.2. The van der Waals surface area contributed by atoms with Crippen molar-refractivity contribution in [2.45, 2.75) is 0 Å². The summed E-state index contributed by atoms with van der Waals surface area (Å²) in [6.45, 7) is 0. The Morgan fingerprint density at radius 1 is 1.16 bits per heavy atom. The van der Waals surface area contributed by atoms with E-state index in [9.17, 15) is 4.79 Å². The number of esters is 1. The molecule has 19 heavy (non-hydrogen) atoms. The summed E-state index contributed by atoms with van der Waals surface area (Å²) in [4.78, 5) is 14.6. The van der Waals surface area contributed by atoms with E-state index in [0.29, 0.717) is 11.4 Å². The first-order valence-corrected chi connectivity index (χ1v) is 5.91. The van der Waals surface area contributed by atoms with E-state index in [4.69, 9.17) is 9.47 Å². The van der Waals surface area contributed by atoms with E-state index in [1.165, 1.54) is 0 Å². The summed E-state index contributed by atoms with van der Waals surface area (Å²) in [5, 5.41) is 2.03. The zero-order valence-electron chi connectivity index (χ0n) is 9.84. The third-order valence-corrected chi connectivity index (χ3v) is 3.10. The number of hydrogen-bond acceptors (Lipinski definition) is 3. The van der Waals surface area contributed by atoms with Crippen molar-refractivity contribution in [2.24, 2.45) is 0 Å². The number of ether oxygens (including phenoxy) is 2. The number of aromatic amines is 1. The Kier molecular flexibility index (Phi) is 1.94. The number of fused-ring (bicyclic) bond motifs is 3. The highest BCUT2D eigenvalue weighted by Crippen LogP contribution is 2.50. The number of benzene rings is 2. The number of aromatic nitrogens is 1. The number of carbonyl (C=O) groups is 1. The molecule has 4 nitrogen and oxygen atoms in total. The van der Waals surface area contributed by atoms with Crippen LogP contribution in [0.3, 0.4) is 0 Å². The summed E-state index contributed by atoms with van der Waals surface area (Å²) >= 11 is 0. The Bertz CT molecular complexity index is 791. The van der Waals surface area contributed by atoms with Crippen molar-refractivity contribution >= 4 is 16.7 Å². The molecule has 0 bridgehead atoms. The van der Waals surface area contributed by atoms with Gasteiger partial charge >= 0.3 is 5.97 Å². The van der Waals surface area contributed by atoms with Crippen LogP contribution in [0.15, 0.2) is 48.7 Å². The summed E-state index contributed by atoms with van der Waals surface area (Å²) in [7, 11) is 0. The van der Waals surface area contributed by atoms with Gasteiger partial charge in [-0.05, 0) is 41.8 Å². The first-order chi connectivity index (χ1) is 9.31. The Labute approximate surface area is 108 Å². The average molecular weight is 251 g/mol. The number of hydrogen-bond donors (Lipinski definition) is 1.